The van der Waals surface area contributed by atoms with E-state index in [1.807, 2.05) is 40.1 Å². The molecule has 2 unspecified atom stereocenters. The predicted molar refractivity (Wildman–Crippen MR) is 204 cm³/mol. The van der Waals surface area contributed by atoms with E-state index in [2.05, 4.69) is 47.3 Å². The second-order valence-corrected chi connectivity index (χ2v) is 20.4. The number of hydrogen-bond acceptors (Lipinski definition) is 10. The van der Waals surface area contributed by atoms with Crippen molar-refractivity contribution in [2.75, 3.05) is 60.3 Å². The van der Waals surface area contributed by atoms with Crippen LogP contribution in [0.2, 0.25) is 0 Å². The van der Waals surface area contributed by atoms with E-state index in [0.29, 0.717) is 35.3 Å². The Hall–Kier alpha value is -2.41. The number of nitrogens with zero attached hydrogens (tertiary/aromatic N) is 7. The fourth-order valence-corrected chi connectivity index (χ4v) is 12.2. The molecule has 284 valence electrons. The first-order valence-corrected chi connectivity index (χ1v) is 22.7. The van der Waals surface area contributed by atoms with Gasteiger partial charge in [0.05, 0.1) is 11.8 Å². The Morgan fingerprint density at radius 2 is 1.87 bits per heavy atom. The molecule has 0 saturated carbocycles. The molecule has 3 aliphatic rings. The summed E-state index contributed by atoms with van der Waals surface area (Å²) in [6.07, 6.45) is 10.3. The van der Waals surface area contributed by atoms with E-state index in [4.69, 9.17) is 19.2 Å². The van der Waals surface area contributed by atoms with Gasteiger partial charge in [0.1, 0.15) is 17.9 Å². The average Bonchev–Trinajstić information content (AvgIpc) is 3.68. The molecule has 0 aliphatic carbocycles. The van der Waals surface area contributed by atoms with Crippen LogP contribution in [0.3, 0.4) is 0 Å². The summed E-state index contributed by atoms with van der Waals surface area (Å²) in [6, 6.07) is 6.03. The van der Waals surface area contributed by atoms with E-state index < -0.39 is 5.82 Å². The maximum absolute atomic E-state index is 14.4. The monoisotopic (exact) mass is 942 g/mol. The maximum Gasteiger partial charge on any atom is 0.0263 e. The summed E-state index contributed by atoms with van der Waals surface area (Å²) in [5.74, 6) is 1.48. The first-order valence-electron chi connectivity index (χ1n) is 18.4. The number of rotatable bonds is 15. The molecular weight excluding hydrogens is 891 g/mol. The van der Waals surface area contributed by atoms with Crippen LogP contribution in [0.4, 0.5) is 10.2 Å². The summed E-state index contributed by atoms with van der Waals surface area (Å²) in [6.45, 7) is 12.9. The van der Waals surface area contributed by atoms with Crippen molar-refractivity contribution >= 4 is 34.3 Å². The van der Waals surface area contributed by atoms with Crippen molar-refractivity contribution in [1.82, 2.24) is 29.7 Å². The summed E-state index contributed by atoms with van der Waals surface area (Å²) in [7, 11) is 1.89. The number of carbonyl (C=O) groups is 1. The quantitative estimate of drug-likeness (QED) is 0.129. The number of alkyl halides is 3. The van der Waals surface area contributed by atoms with Crippen LogP contribution < -0.4 is 35.6 Å². The minimum absolute atomic E-state index is 0.0428. The second kappa shape index (κ2) is 18.8. The van der Waals surface area contributed by atoms with Gasteiger partial charge in [-0.2, -0.15) is 0 Å². The molecule has 2 aromatic heterocycles. The number of piperidine rings is 1. The third kappa shape index (κ3) is 9.44. The van der Waals surface area contributed by atoms with E-state index in [9.17, 15) is 9.18 Å². The van der Waals surface area contributed by atoms with Gasteiger partial charge in [-0.25, -0.2) is 9.37 Å². The molecule has 5 heterocycles. The maximum atomic E-state index is 14.4. The third-order valence-electron chi connectivity index (χ3n) is 10.2. The molecular formula is C38H51FI2N7O4-. The van der Waals surface area contributed by atoms with Gasteiger partial charge in [-0.05, 0) is 39.0 Å². The molecule has 0 spiro atoms. The molecule has 14 heteroatoms. The predicted octanol–water partition coefficient (Wildman–Crippen LogP) is 3.00. The van der Waals surface area contributed by atoms with Crippen molar-refractivity contribution in [1.29, 1.82) is 0 Å². The number of halogens is 3. The number of methoxy groups -OCH3 is 1. The van der Waals surface area contributed by atoms with Crippen molar-refractivity contribution in [2.24, 2.45) is 0 Å². The fourth-order valence-electron chi connectivity index (χ4n) is 7.50. The molecule has 52 heavy (non-hydrogen) atoms. The van der Waals surface area contributed by atoms with Crippen molar-refractivity contribution in [3.05, 3.63) is 65.6 Å². The number of likely N-dealkylation sites (tertiary alicyclic amines) is 1. The number of ether oxygens (including phenoxy) is 3. The number of aromatic nitrogens is 3. The molecule has 1 amide bonds. The molecule has 0 N–H and O–H groups in total. The van der Waals surface area contributed by atoms with Crippen LogP contribution in [-0.2, 0) is 17.7 Å². The van der Waals surface area contributed by atoms with Gasteiger partial charge in [-0.1, -0.05) is 0 Å². The standard InChI is InChI=1S/C38H51FI2N7O4/c1-5-48(26(2)3)38(49)29-20-27(39)8-9-32(29)52-34-21-42-25-44-37(34)46-17-11-28(12-18-46)51-33-10-14-43-31-13-19-47(22-30(31)33)36(41-24-40)35(50-4)23-45-15-6-7-16-45/h8-10,14,20-21,25-26,28,35-36H,5-7,11-13,15-19,22-24H2,1-4H3/q-1. The Bertz CT molecular complexity index is 1640. The largest absolute Gasteiger partial charge is 0.0448 e. The van der Waals surface area contributed by atoms with Crippen LogP contribution in [-0.4, -0.2) is 113 Å². The van der Waals surface area contributed by atoms with Gasteiger partial charge in [-0.15, -0.1) is 0 Å². The molecule has 3 aliphatic heterocycles. The molecule has 6 rings (SSSR count). The Kier molecular flexibility index (Phi) is 14.2. The van der Waals surface area contributed by atoms with E-state index in [-0.39, 0.29) is 56.7 Å². The molecule has 2 atom stereocenters. The van der Waals surface area contributed by atoms with Crippen molar-refractivity contribution < 1.29 is 44.6 Å². The Morgan fingerprint density at radius 3 is 2.58 bits per heavy atom. The van der Waals surface area contributed by atoms with Crippen molar-refractivity contribution in [3.63, 3.8) is 0 Å². The summed E-state index contributed by atoms with van der Waals surface area (Å²) in [5, 5.41) is 0. The summed E-state index contributed by atoms with van der Waals surface area (Å²) >= 11 is 2.47. The van der Waals surface area contributed by atoms with Crippen LogP contribution in [0.1, 0.15) is 68.1 Å². The fraction of sp³-hybridized carbons (Fsp3) is 0.579. The first-order chi connectivity index (χ1) is 25.3. The normalized spacial score (nSPS) is 18.4. The zero-order valence-corrected chi connectivity index (χ0v) is 35.0. The molecule has 0 radical (unpaired) electrons. The number of hydrogen-bond donors (Lipinski definition) is 0. The minimum Gasteiger partial charge on any atom is -0.0448 e. The number of carbonyl (C=O) groups excluding carboxylic acids is 1. The first kappa shape index (κ1) is 39.3. The number of amides is 1. The van der Waals surface area contributed by atoms with E-state index in [1.54, 1.807) is 11.1 Å². The van der Waals surface area contributed by atoms with Crippen molar-refractivity contribution in [2.45, 2.75) is 81.7 Å². The molecule has 2 fully saturated rings. The van der Waals surface area contributed by atoms with Gasteiger partial charge in [0.2, 0.25) is 0 Å². The van der Waals surface area contributed by atoms with Gasteiger partial charge in [-0.3, -0.25) is 4.79 Å². The van der Waals surface area contributed by atoms with Crippen LogP contribution in [0, 0.1) is 5.82 Å². The van der Waals surface area contributed by atoms with E-state index in [1.165, 1.54) is 58.5 Å². The molecule has 1 aromatic carbocycles. The van der Waals surface area contributed by atoms with Crippen LogP contribution in [0.15, 0.2) is 43.0 Å². The van der Waals surface area contributed by atoms with E-state index in [0.717, 1.165) is 50.3 Å². The topological polar surface area (TPSA) is 96.4 Å². The minimum atomic E-state index is -0.496. The molecule has 11 nitrogen and oxygen atoms in total. The number of anilines is 1. The second-order valence-electron chi connectivity index (χ2n) is 13.8. The molecule has 3 aromatic rings. The Morgan fingerprint density at radius 1 is 1.08 bits per heavy atom. The zero-order chi connectivity index (χ0) is 36.6. The van der Waals surface area contributed by atoms with Gasteiger partial charge in [0.25, 0.3) is 5.91 Å². The molecule has 0 bridgehead atoms. The van der Waals surface area contributed by atoms with Crippen LogP contribution in [0.25, 0.3) is 0 Å². The van der Waals surface area contributed by atoms with Gasteiger partial charge in [0, 0.05) is 12.6 Å². The summed E-state index contributed by atoms with van der Waals surface area (Å²) in [5.41, 5.74) is 2.52. The number of pyridine rings is 1. The SMILES string of the molecule is CCN(C(=O)c1cc(F)ccc1Oc1cncnc1N1CCC(Oc2ccnc3c2CN(C([I-]CI)C(CN2CCCC2)OC)CC3)CC1)C(C)C. The third-order valence-corrected chi connectivity index (χ3v) is 15.3. The van der Waals surface area contributed by atoms with Gasteiger partial charge in [0.15, 0.2) is 0 Å². The van der Waals surface area contributed by atoms with Crippen LogP contribution in [0.5, 0.6) is 17.2 Å². The van der Waals surface area contributed by atoms with Crippen LogP contribution >= 0.6 is 22.6 Å². The van der Waals surface area contributed by atoms with Crippen molar-refractivity contribution in [3.8, 4) is 17.2 Å². The van der Waals surface area contributed by atoms with Gasteiger partial charge >= 0.3 is 222 Å². The number of benzene rings is 1. The Labute approximate surface area is 331 Å². The van der Waals surface area contributed by atoms with Gasteiger partial charge < -0.3 is 9.64 Å². The smallest absolute Gasteiger partial charge is 0.0263 e. The van der Waals surface area contributed by atoms with E-state index >= 15 is 0 Å². The summed E-state index contributed by atoms with van der Waals surface area (Å²) in [4.78, 5) is 36.1. The summed E-state index contributed by atoms with van der Waals surface area (Å²) < 4.78 is 35.3. The number of fused-ring (bicyclic) bond motifs is 1. The average molecular weight is 943 g/mol. The molecule has 2 saturated heterocycles. The Balaban J connectivity index is 1.12. The zero-order valence-electron chi connectivity index (χ0n) is 30.6.